The van der Waals surface area contributed by atoms with Crippen LogP contribution in [0.2, 0.25) is 0 Å². The average Bonchev–Trinajstić information content (AvgIpc) is 3.16. The maximum absolute atomic E-state index is 12.5. The minimum Gasteiger partial charge on any atom is -0.457 e. The number of hydrogen-bond donors (Lipinski definition) is 0. The normalized spacial score (nSPS) is 11.9. The second kappa shape index (κ2) is 9.82. The van der Waals surface area contributed by atoms with Gasteiger partial charge >= 0.3 is 5.97 Å². The molecule has 0 bridgehead atoms. The summed E-state index contributed by atoms with van der Waals surface area (Å²) >= 11 is 1.46. The van der Waals surface area contributed by atoms with E-state index < -0.39 is 8.38 Å². The summed E-state index contributed by atoms with van der Waals surface area (Å²) in [6, 6.07) is 17.9. The Morgan fingerprint density at radius 2 is 1.69 bits per heavy atom. The number of carbonyl (C=O) groups is 1. The van der Waals surface area contributed by atoms with Crippen molar-refractivity contribution in [3.05, 3.63) is 70.6 Å². The molecule has 6 heteroatoms. The first-order chi connectivity index (χ1) is 14.0. The van der Waals surface area contributed by atoms with Gasteiger partial charge in [0.15, 0.2) is 8.38 Å². The number of hydrogen-bond acceptors (Lipinski definition) is 5. The van der Waals surface area contributed by atoms with Crippen LogP contribution in [0.25, 0.3) is 10.1 Å². The quantitative estimate of drug-likeness (QED) is 0.274. The van der Waals surface area contributed by atoms with Gasteiger partial charge in [0.1, 0.15) is 11.5 Å². The molecule has 0 unspecified atom stereocenters. The van der Waals surface area contributed by atoms with Gasteiger partial charge in [0.05, 0.1) is 18.4 Å². The van der Waals surface area contributed by atoms with Gasteiger partial charge in [0.25, 0.3) is 0 Å². The van der Waals surface area contributed by atoms with E-state index in [0.717, 1.165) is 21.2 Å². The molecule has 0 saturated carbocycles. The van der Waals surface area contributed by atoms with Crippen LogP contribution in [0.15, 0.2) is 54.6 Å². The number of benzene rings is 2. The lowest BCUT2D eigenvalue weighted by atomic mass is 10.0. The van der Waals surface area contributed by atoms with Crippen LogP contribution in [-0.4, -0.2) is 19.2 Å². The lowest BCUT2D eigenvalue weighted by molar-refractivity contribution is 0.0478. The van der Waals surface area contributed by atoms with E-state index in [1.54, 1.807) is 0 Å². The highest BCUT2D eigenvalue weighted by Crippen LogP contribution is 2.57. The largest absolute Gasteiger partial charge is 0.457 e. The molecule has 0 saturated heterocycles. The molecular weight excluding hydrogens is 403 g/mol. The van der Waals surface area contributed by atoms with Gasteiger partial charge in [-0.3, -0.25) is 0 Å². The molecule has 0 aliphatic rings. The summed E-state index contributed by atoms with van der Waals surface area (Å²) < 4.78 is 18.3. The summed E-state index contributed by atoms with van der Waals surface area (Å²) in [5.74, 6) is -0.290. The van der Waals surface area contributed by atoms with E-state index in [2.05, 4.69) is 32.0 Å². The highest BCUT2D eigenvalue weighted by atomic mass is 32.1. The number of rotatable bonds is 9. The van der Waals surface area contributed by atoms with Gasteiger partial charge in [0.2, 0.25) is 0 Å². The molecule has 29 heavy (non-hydrogen) atoms. The number of esters is 1. The molecule has 154 valence electrons. The van der Waals surface area contributed by atoms with E-state index in [1.807, 2.05) is 50.2 Å². The van der Waals surface area contributed by atoms with Gasteiger partial charge < -0.3 is 13.8 Å². The third-order valence-corrected chi connectivity index (χ3v) is 7.84. The van der Waals surface area contributed by atoms with Crippen molar-refractivity contribution in [2.75, 3.05) is 13.2 Å². The molecular formula is C23H27O4PS. The Labute approximate surface area is 177 Å². The summed E-state index contributed by atoms with van der Waals surface area (Å²) in [6.07, 6.45) is 0. The van der Waals surface area contributed by atoms with Crippen LogP contribution < -0.4 is 0 Å². The number of fused-ring (bicyclic) bond motifs is 1. The first kappa shape index (κ1) is 21.9. The molecule has 3 aromatic rings. The van der Waals surface area contributed by atoms with Crippen molar-refractivity contribution in [2.45, 2.75) is 39.5 Å². The Kier molecular flexibility index (Phi) is 7.42. The number of ether oxygens (including phenoxy) is 1. The minimum atomic E-state index is -1.06. The maximum Gasteiger partial charge on any atom is 0.348 e. The minimum absolute atomic E-state index is 0.258. The summed E-state index contributed by atoms with van der Waals surface area (Å²) in [5.41, 5.74) is 2.12. The van der Waals surface area contributed by atoms with Crippen LogP contribution in [0.3, 0.4) is 0 Å². The molecule has 1 aromatic heterocycles. The Morgan fingerprint density at radius 1 is 1.00 bits per heavy atom. The van der Waals surface area contributed by atoms with E-state index in [1.165, 1.54) is 11.3 Å². The molecule has 0 amide bonds. The Balaban J connectivity index is 1.79. The monoisotopic (exact) mass is 430 g/mol. The van der Waals surface area contributed by atoms with Crippen molar-refractivity contribution in [1.82, 2.24) is 0 Å². The van der Waals surface area contributed by atoms with E-state index in [0.29, 0.717) is 18.1 Å². The molecule has 0 aliphatic carbocycles. The molecule has 1 heterocycles. The second-order valence-electron chi connectivity index (χ2n) is 7.08. The van der Waals surface area contributed by atoms with Crippen molar-refractivity contribution < 1.29 is 18.6 Å². The van der Waals surface area contributed by atoms with Crippen molar-refractivity contribution in [1.29, 1.82) is 0 Å². The van der Waals surface area contributed by atoms with Crippen molar-refractivity contribution >= 4 is 35.8 Å². The van der Waals surface area contributed by atoms with Crippen LogP contribution in [0.5, 0.6) is 0 Å². The predicted molar refractivity (Wildman–Crippen MR) is 121 cm³/mol. The highest BCUT2D eigenvalue weighted by Gasteiger charge is 2.34. The van der Waals surface area contributed by atoms with Crippen LogP contribution in [0.1, 0.15) is 48.5 Å². The zero-order valence-electron chi connectivity index (χ0n) is 17.3. The lowest BCUT2D eigenvalue weighted by Crippen LogP contribution is -2.17. The van der Waals surface area contributed by atoms with Crippen LogP contribution in [0, 0.1) is 0 Å². The van der Waals surface area contributed by atoms with Crippen molar-refractivity contribution in [2.24, 2.45) is 0 Å². The molecule has 0 N–H and O–H groups in total. The van der Waals surface area contributed by atoms with Crippen LogP contribution in [-0.2, 0) is 25.5 Å². The fraction of sp³-hybridized carbons (Fsp3) is 0.348. The molecule has 0 radical (unpaired) electrons. The summed E-state index contributed by atoms with van der Waals surface area (Å²) in [5, 5.41) is 0.779. The zero-order chi connectivity index (χ0) is 20.9. The van der Waals surface area contributed by atoms with Gasteiger partial charge in [-0.15, -0.1) is 11.3 Å². The van der Waals surface area contributed by atoms with Crippen molar-refractivity contribution in [3.8, 4) is 0 Å². The second-order valence-corrected chi connectivity index (χ2v) is 10.3. The van der Waals surface area contributed by atoms with E-state index >= 15 is 0 Å². The SMILES string of the molecule is CCOP(OCC)C(C)(C)c1ccc2sc(C(=O)OCc3ccccc3)cc2c1. The van der Waals surface area contributed by atoms with Gasteiger partial charge in [-0.2, -0.15) is 0 Å². The van der Waals surface area contributed by atoms with E-state index in [9.17, 15) is 4.79 Å². The molecule has 0 atom stereocenters. The van der Waals surface area contributed by atoms with Gasteiger partial charge in [-0.25, -0.2) is 4.79 Å². The van der Waals surface area contributed by atoms with Crippen molar-refractivity contribution in [3.63, 3.8) is 0 Å². The first-order valence-corrected chi connectivity index (χ1v) is 11.8. The van der Waals surface area contributed by atoms with E-state index in [-0.39, 0.29) is 17.7 Å². The van der Waals surface area contributed by atoms with Gasteiger partial charge in [-0.05, 0) is 62.4 Å². The molecule has 2 aromatic carbocycles. The third-order valence-electron chi connectivity index (χ3n) is 4.59. The number of carbonyl (C=O) groups excluding carboxylic acids is 1. The van der Waals surface area contributed by atoms with E-state index in [4.69, 9.17) is 13.8 Å². The van der Waals surface area contributed by atoms with Gasteiger partial charge in [0, 0.05) is 4.70 Å². The molecule has 3 rings (SSSR count). The lowest BCUT2D eigenvalue weighted by Gasteiger charge is -2.32. The fourth-order valence-corrected chi connectivity index (χ4v) is 5.49. The topological polar surface area (TPSA) is 44.8 Å². The van der Waals surface area contributed by atoms with Crippen LogP contribution in [0.4, 0.5) is 0 Å². The van der Waals surface area contributed by atoms with Crippen LogP contribution >= 0.6 is 19.7 Å². The maximum atomic E-state index is 12.5. The molecule has 0 spiro atoms. The molecule has 0 aliphatic heterocycles. The van der Waals surface area contributed by atoms with Gasteiger partial charge in [-0.1, -0.05) is 36.4 Å². The Hall–Kier alpha value is -1.78. The summed E-state index contributed by atoms with van der Waals surface area (Å²) in [4.78, 5) is 13.1. The summed E-state index contributed by atoms with van der Waals surface area (Å²) in [6.45, 7) is 9.78. The molecule has 0 fully saturated rings. The third kappa shape index (κ3) is 5.23. The summed E-state index contributed by atoms with van der Waals surface area (Å²) in [7, 11) is -1.06. The highest BCUT2D eigenvalue weighted by molar-refractivity contribution is 7.48. The molecule has 4 nitrogen and oxygen atoms in total. The standard InChI is InChI=1S/C23H27O4PS/c1-5-26-28(27-6-2)23(3,4)19-12-13-20-18(14-19)15-21(29-20)22(24)25-16-17-10-8-7-9-11-17/h7-15H,5-6,16H2,1-4H3. The smallest absolute Gasteiger partial charge is 0.348 e. The average molecular weight is 431 g/mol. The Bertz CT molecular complexity index is 946. The fourth-order valence-electron chi connectivity index (χ4n) is 3.02. The number of thiophene rings is 1. The zero-order valence-corrected chi connectivity index (χ0v) is 19.0. The Morgan fingerprint density at radius 3 is 2.34 bits per heavy atom. The predicted octanol–water partition coefficient (Wildman–Crippen LogP) is 6.88. The first-order valence-electron chi connectivity index (χ1n) is 9.77.